The summed E-state index contributed by atoms with van der Waals surface area (Å²) < 4.78 is 0. The summed E-state index contributed by atoms with van der Waals surface area (Å²) in [4.78, 5) is 26.9. The summed E-state index contributed by atoms with van der Waals surface area (Å²) in [5, 5.41) is 4.51. The van der Waals surface area contributed by atoms with Crippen LogP contribution >= 0.6 is 46.6 Å². The molecule has 2 rings (SSSR count). The Kier molecular flexibility index (Phi) is 9.63. The van der Waals surface area contributed by atoms with E-state index in [1.807, 2.05) is 25.1 Å². The van der Waals surface area contributed by atoms with Crippen LogP contribution in [-0.2, 0) is 21.9 Å². The largest absolute Gasteiger partial charge is 0.355 e. The molecule has 8 heteroatoms. The zero-order chi connectivity index (χ0) is 21.4. The number of nitrogens with one attached hydrogen (secondary N) is 1. The summed E-state index contributed by atoms with van der Waals surface area (Å²) in [7, 11) is 0. The third-order valence-electron chi connectivity index (χ3n) is 4.26. The van der Waals surface area contributed by atoms with Gasteiger partial charge in [-0.05, 0) is 49.2 Å². The first-order valence-corrected chi connectivity index (χ1v) is 11.4. The summed E-state index contributed by atoms with van der Waals surface area (Å²) >= 11 is 19.6. The second-order valence-electron chi connectivity index (χ2n) is 6.45. The Labute approximate surface area is 190 Å². The fraction of sp³-hybridized carbons (Fsp3) is 0.333. The number of thioether (sulfide) groups is 1. The first-order chi connectivity index (χ1) is 13.8. The lowest BCUT2D eigenvalue weighted by Gasteiger charge is -2.28. The van der Waals surface area contributed by atoms with Gasteiger partial charge in [-0.2, -0.15) is 0 Å². The molecule has 29 heavy (non-hydrogen) atoms. The molecule has 2 aromatic rings. The van der Waals surface area contributed by atoms with Crippen molar-refractivity contribution in [2.45, 2.75) is 32.2 Å². The average molecular weight is 474 g/mol. The number of carbonyl (C=O) groups excluding carboxylic acids is 2. The van der Waals surface area contributed by atoms with Gasteiger partial charge in [0.15, 0.2) is 0 Å². The zero-order valence-corrected chi connectivity index (χ0v) is 19.3. The standard InChI is InChI=1S/C21H23Cl3N2O2S/c1-3-25-21(28)14(2)26(11-15-5-4-6-17(22)9-15)20(27)13-29-12-16-7-8-18(23)10-19(16)24/h4-10,14H,3,11-13H2,1-2H3,(H,25,28)/t14-/m1/s1. The molecular formula is C21H23Cl3N2O2S. The smallest absolute Gasteiger partial charge is 0.242 e. The number of hydrogen-bond acceptors (Lipinski definition) is 3. The molecule has 0 aromatic heterocycles. The van der Waals surface area contributed by atoms with Gasteiger partial charge in [-0.25, -0.2) is 0 Å². The first-order valence-electron chi connectivity index (χ1n) is 9.15. The maximum Gasteiger partial charge on any atom is 0.242 e. The summed E-state index contributed by atoms with van der Waals surface area (Å²) in [5.74, 6) is 0.485. The molecule has 1 N–H and O–H groups in total. The number of benzene rings is 2. The van der Waals surface area contributed by atoms with Crippen LogP contribution in [0.3, 0.4) is 0 Å². The van der Waals surface area contributed by atoms with Gasteiger partial charge in [0.1, 0.15) is 6.04 Å². The molecule has 156 valence electrons. The van der Waals surface area contributed by atoms with E-state index in [1.165, 1.54) is 11.8 Å². The van der Waals surface area contributed by atoms with E-state index in [1.54, 1.807) is 36.1 Å². The summed E-state index contributed by atoms with van der Waals surface area (Å²) in [6.45, 7) is 4.39. The van der Waals surface area contributed by atoms with Crippen molar-refractivity contribution in [3.05, 3.63) is 68.7 Å². The van der Waals surface area contributed by atoms with E-state index in [0.717, 1.165) is 11.1 Å². The van der Waals surface area contributed by atoms with Crippen molar-refractivity contribution in [1.82, 2.24) is 10.2 Å². The highest BCUT2D eigenvalue weighted by atomic mass is 35.5. The molecule has 0 aliphatic carbocycles. The molecule has 0 aliphatic rings. The molecule has 0 bridgehead atoms. The Morgan fingerprint density at radius 2 is 1.83 bits per heavy atom. The minimum absolute atomic E-state index is 0.126. The monoisotopic (exact) mass is 472 g/mol. The Morgan fingerprint density at radius 1 is 1.10 bits per heavy atom. The Hall–Kier alpha value is -1.40. The summed E-state index contributed by atoms with van der Waals surface area (Å²) in [6.07, 6.45) is 0. The Balaban J connectivity index is 2.07. The first kappa shape index (κ1) is 23.9. The minimum Gasteiger partial charge on any atom is -0.355 e. The maximum absolute atomic E-state index is 12.9. The van der Waals surface area contributed by atoms with Gasteiger partial charge in [0.2, 0.25) is 11.8 Å². The molecule has 4 nitrogen and oxygen atoms in total. The van der Waals surface area contributed by atoms with E-state index >= 15 is 0 Å². The van der Waals surface area contributed by atoms with Gasteiger partial charge in [0, 0.05) is 33.9 Å². The fourth-order valence-corrected chi connectivity index (χ4v) is 4.39. The highest BCUT2D eigenvalue weighted by molar-refractivity contribution is 7.99. The van der Waals surface area contributed by atoms with E-state index in [-0.39, 0.29) is 17.6 Å². The second-order valence-corrected chi connectivity index (χ2v) is 8.72. The molecule has 0 saturated carbocycles. The third-order valence-corrected chi connectivity index (χ3v) is 6.05. The van der Waals surface area contributed by atoms with Gasteiger partial charge in [-0.1, -0.05) is 53.0 Å². The van der Waals surface area contributed by atoms with Crippen molar-refractivity contribution in [1.29, 1.82) is 0 Å². The predicted molar refractivity (Wildman–Crippen MR) is 123 cm³/mol. The van der Waals surface area contributed by atoms with Gasteiger partial charge in [-0.3, -0.25) is 9.59 Å². The lowest BCUT2D eigenvalue weighted by Crippen LogP contribution is -2.48. The molecule has 0 radical (unpaired) electrons. The number of likely N-dealkylation sites (N-methyl/N-ethyl adjacent to an activating group) is 1. The van der Waals surface area contributed by atoms with E-state index in [2.05, 4.69) is 5.32 Å². The highest BCUT2D eigenvalue weighted by Crippen LogP contribution is 2.25. The number of nitrogens with zero attached hydrogens (tertiary/aromatic N) is 1. The molecule has 0 heterocycles. The molecule has 0 unspecified atom stereocenters. The van der Waals surface area contributed by atoms with Crippen LogP contribution in [0.25, 0.3) is 0 Å². The number of carbonyl (C=O) groups is 2. The molecule has 0 aliphatic heterocycles. The molecular weight excluding hydrogens is 451 g/mol. The van der Waals surface area contributed by atoms with Crippen LogP contribution in [0.1, 0.15) is 25.0 Å². The van der Waals surface area contributed by atoms with Crippen molar-refractivity contribution >= 4 is 58.4 Å². The van der Waals surface area contributed by atoms with Crippen LogP contribution in [0.4, 0.5) is 0 Å². The second kappa shape index (κ2) is 11.7. The van der Waals surface area contributed by atoms with Crippen LogP contribution in [0.15, 0.2) is 42.5 Å². The zero-order valence-electron chi connectivity index (χ0n) is 16.3. The van der Waals surface area contributed by atoms with Crippen LogP contribution in [-0.4, -0.2) is 35.1 Å². The van der Waals surface area contributed by atoms with E-state index in [4.69, 9.17) is 34.8 Å². The van der Waals surface area contributed by atoms with Crippen LogP contribution in [0.5, 0.6) is 0 Å². The van der Waals surface area contributed by atoms with E-state index < -0.39 is 6.04 Å². The molecule has 0 saturated heterocycles. The molecule has 0 fully saturated rings. The van der Waals surface area contributed by atoms with Gasteiger partial charge in [0.25, 0.3) is 0 Å². The van der Waals surface area contributed by atoms with Crippen molar-refractivity contribution in [2.75, 3.05) is 12.3 Å². The molecule has 2 aromatic carbocycles. The van der Waals surface area contributed by atoms with Gasteiger partial charge >= 0.3 is 0 Å². The lowest BCUT2D eigenvalue weighted by molar-refractivity contribution is -0.138. The quantitative estimate of drug-likeness (QED) is 0.528. The highest BCUT2D eigenvalue weighted by Gasteiger charge is 2.25. The van der Waals surface area contributed by atoms with Gasteiger partial charge < -0.3 is 10.2 Å². The third kappa shape index (κ3) is 7.41. The number of halogens is 3. The number of hydrogen-bond donors (Lipinski definition) is 1. The fourth-order valence-electron chi connectivity index (χ4n) is 2.71. The Bertz CT molecular complexity index is 864. The normalized spacial score (nSPS) is 11.8. The molecule has 0 spiro atoms. The lowest BCUT2D eigenvalue weighted by atomic mass is 10.1. The predicted octanol–water partition coefficient (Wildman–Crippen LogP) is 5.43. The van der Waals surface area contributed by atoms with E-state index in [9.17, 15) is 9.59 Å². The SMILES string of the molecule is CCNC(=O)[C@@H](C)N(Cc1cccc(Cl)c1)C(=O)CSCc1ccc(Cl)cc1Cl. The number of rotatable bonds is 9. The minimum atomic E-state index is -0.596. The molecule has 2 amide bonds. The van der Waals surface area contributed by atoms with Crippen LogP contribution in [0, 0.1) is 0 Å². The Morgan fingerprint density at radius 3 is 2.48 bits per heavy atom. The summed E-state index contributed by atoms with van der Waals surface area (Å²) in [6, 6.07) is 12.0. The van der Waals surface area contributed by atoms with Gasteiger partial charge in [0.05, 0.1) is 5.75 Å². The number of amides is 2. The van der Waals surface area contributed by atoms with Crippen LogP contribution < -0.4 is 5.32 Å². The van der Waals surface area contributed by atoms with Crippen LogP contribution in [0.2, 0.25) is 15.1 Å². The van der Waals surface area contributed by atoms with E-state index in [0.29, 0.717) is 33.9 Å². The summed E-state index contributed by atoms with van der Waals surface area (Å²) in [5.41, 5.74) is 1.78. The van der Waals surface area contributed by atoms with Crippen molar-refractivity contribution in [2.24, 2.45) is 0 Å². The van der Waals surface area contributed by atoms with Crippen molar-refractivity contribution in [3.8, 4) is 0 Å². The average Bonchev–Trinajstić information content (AvgIpc) is 2.67. The van der Waals surface area contributed by atoms with Crippen molar-refractivity contribution in [3.63, 3.8) is 0 Å². The van der Waals surface area contributed by atoms with Crippen molar-refractivity contribution < 1.29 is 9.59 Å². The topological polar surface area (TPSA) is 49.4 Å². The molecule has 1 atom stereocenters. The maximum atomic E-state index is 12.9. The van der Waals surface area contributed by atoms with Gasteiger partial charge in [-0.15, -0.1) is 11.8 Å².